The third kappa shape index (κ3) is 3.67. The molecule has 1 aromatic heterocycles. The Balaban J connectivity index is 2.06. The molecule has 0 unspecified atom stereocenters. The van der Waals surface area contributed by atoms with E-state index in [1.165, 1.54) is 5.56 Å². The minimum absolute atomic E-state index is 0.790. The van der Waals surface area contributed by atoms with Crippen LogP contribution in [0.15, 0.2) is 33.3 Å². The zero-order valence-corrected chi connectivity index (χ0v) is 13.0. The van der Waals surface area contributed by atoms with Gasteiger partial charge in [-0.25, -0.2) is 4.98 Å². The van der Waals surface area contributed by atoms with Crippen molar-refractivity contribution in [2.45, 2.75) is 26.7 Å². The van der Waals surface area contributed by atoms with Crippen LogP contribution in [0.2, 0.25) is 0 Å². The normalized spacial score (nSPS) is 10.9. The molecule has 0 bridgehead atoms. The van der Waals surface area contributed by atoms with Crippen LogP contribution < -0.4 is 5.32 Å². The summed E-state index contributed by atoms with van der Waals surface area (Å²) in [7, 11) is 0. The van der Waals surface area contributed by atoms with Crippen molar-refractivity contribution in [3.63, 3.8) is 0 Å². The number of aromatic nitrogens is 1. The van der Waals surface area contributed by atoms with Gasteiger partial charge in [-0.15, -0.1) is 0 Å². The van der Waals surface area contributed by atoms with Crippen molar-refractivity contribution < 1.29 is 4.42 Å². The number of hydrogen-bond acceptors (Lipinski definition) is 3. The molecule has 3 nitrogen and oxygen atoms in total. The summed E-state index contributed by atoms with van der Waals surface area (Å²) in [5, 5.41) is 3.35. The number of hydrogen-bond donors (Lipinski definition) is 1. The molecule has 0 aliphatic rings. The molecule has 1 aromatic carbocycles. The maximum absolute atomic E-state index is 5.81. The lowest BCUT2D eigenvalue weighted by Crippen LogP contribution is -2.17. The highest BCUT2D eigenvalue weighted by atomic mass is 79.9. The summed E-state index contributed by atoms with van der Waals surface area (Å²) in [5.74, 6) is 1.63. The Labute approximate surface area is 122 Å². The second-order valence-electron chi connectivity index (χ2n) is 4.53. The molecule has 4 heteroatoms. The first-order valence-corrected chi connectivity index (χ1v) is 7.42. The first-order valence-electron chi connectivity index (χ1n) is 6.63. The van der Waals surface area contributed by atoms with Crippen LogP contribution >= 0.6 is 15.9 Å². The molecule has 0 saturated heterocycles. The SMILES string of the molecule is CCCNCCc1ncc(-c2cccc(Br)c2C)o1. The second kappa shape index (κ2) is 6.87. The van der Waals surface area contributed by atoms with Crippen LogP contribution in [0, 0.1) is 6.92 Å². The number of halogens is 1. The topological polar surface area (TPSA) is 38.1 Å². The minimum Gasteiger partial charge on any atom is -0.441 e. The van der Waals surface area contributed by atoms with E-state index < -0.39 is 0 Å². The lowest BCUT2D eigenvalue weighted by molar-refractivity contribution is 0.494. The molecule has 0 aliphatic carbocycles. The van der Waals surface area contributed by atoms with Gasteiger partial charge in [0.1, 0.15) is 0 Å². The van der Waals surface area contributed by atoms with Crippen molar-refractivity contribution in [1.82, 2.24) is 10.3 Å². The average molecular weight is 323 g/mol. The molecule has 0 spiro atoms. The zero-order chi connectivity index (χ0) is 13.7. The number of oxazole rings is 1. The average Bonchev–Trinajstić information content (AvgIpc) is 2.87. The van der Waals surface area contributed by atoms with Crippen LogP contribution in [0.5, 0.6) is 0 Å². The predicted octanol–water partition coefficient (Wildman–Crippen LogP) is 3.95. The molecule has 0 amide bonds. The van der Waals surface area contributed by atoms with Gasteiger partial charge in [-0.05, 0) is 31.5 Å². The van der Waals surface area contributed by atoms with E-state index in [1.54, 1.807) is 0 Å². The molecule has 0 radical (unpaired) electrons. The monoisotopic (exact) mass is 322 g/mol. The Morgan fingerprint density at radius 1 is 1.32 bits per heavy atom. The lowest BCUT2D eigenvalue weighted by atomic mass is 10.1. The number of nitrogens with zero attached hydrogens (tertiary/aromatic N) is 1. The fourth-order valence-electron chi connectivity index (χ4n) is 1.92. The van der Waals surface area contributed by atoms with Crippen molar-refractivity contribution in [2.24, 2.45) is 0 Å². The van der Waals surface area contributed by atoms with Crippen molar-refractivity contribution in [3.05, 3.63) is 40.3 Å². The van der Waals surface area contributed by atoms with E-state index in [4.69, 9.17) is 4.42 Å². The van der Waals surface area contributed by atoms with Gasteiger partial charge < -0.3 is 9.73 Å². The van der Waals surface area contributed by atoms with E-state index in [0.717, 1.165) is 47.6 Å². The summed E-state index contributed by atoms with van der Waals surface area (Å²) >= 11 is 3.54. The highest BCUT2D eigenvalue weighted by molar-refractivity contribution is 9.10. The molecule has 19 heavy (non-hydrogen) atoms. The van der Waals surface area contributed by atoms with Crippen molar-refractivity contribution in [1.29, 1.82) is 0 Å². The molecule has 2 aromatic rings. The van der Waals surface area contributed by atoms with Crippen LogP contribution in [0.4, 0.5) is 0 Å². The van der Waals surface area contributed by atoms with Crippen LogP contribution in [0.1, 0.15) is 24.8 Å². The minimum atomic E-state index is 0.790. The van der Waals surface area contributed by atoms with E-state index in [1.807, 2.05) is 18.3 Å². The highest BCUT2D eigenvalue weighted by Crippen LogP contribution is 2.28. The molecule has 102 valence electrons. The van der Waals surface area contributed by atoms with Crippen molar-refractivity contribution in [3.8, 4) is 11.3 Å². The van der Waals surface area contributed by atoms with Crippen LogP contribution in [0.25, 0.3) is 11.3 Å². The van der Waals surface area contributed by atoms with E-state index in [0.29, 0.717) is 0 Å². The van der Waals surface area contributed by atoms with E-state index in [-0.39, 0.29) is 0 Å². The largest absolute Gasteiger partial charge is 0.441 e. The third-order valence-corrected chi connectivity index (χ3v) is 3.89. The summed E-state index contributed by atoms with van der Waals surface area (Å²) in [6.45, 7) is 6.18. The lowest BCUT2D eigenvalue weighted by Gasteiger charge is -2.04. The van der Waals surface area contributed by atoms with Gasteiger partial charge in [0.05, 0.1) is 6.20 Å². The van der Waals surface area contributed by atoms with Gasteiger partial charge in [0, 0.05) is 23.0 Å². The maximum Gasteiger partial charge on any atom is 0.196 e. The van der Waals surface area contributed by atoms with Gasteiger partial charge in [0.25, 0.3) is 0 Å². The first kappa shape index (κ1) is 14.3. The Bertz CT molecular complexity index is 537. The van der Waals surface area contributed by atoms with Crippen LogP contribution in [-0.4, -0.2) is 18.1 Å². The molecular formula is C15H19BrN2O. The Morgan fingerprint density at radius 2 is 2.16 bits per heavy atom. The molecule has 0 fully saturated rings. The molecule has 0 saturated carbocycles. The summed E-state index contributed by atoms with van der Waals surface area (Å²) in [4.78, 5) is 4.34. The predicted molar refractivity (Wildman–Crippen MR) is 81.2 cm³/mol. The molecule has 1 N–H and O–H groups in total. The molecule has 1 heterocycles. The van der Waals surface area contributed by atoms with Gasteiger partial charge in [0.15, 0.2) is 11.7 Å². The van der Waals surface area contributed by atoms with Gasteiger partial charge in [0.2, 0.25) is 0 Å². The smallest absolute Gasteiger partial charge is 0.196 e. The fraction of sp³-hybridized carbons (Fsp3) is 0.400. The first-order chi connectivity index (χ1) is 9.22. The molecule has 0 atom stereocenters. The molecular weight excluding hydrogens is 304 g/mol. The van der Waals surface area contributed by atoms with Gasteiger partial charge >= 0.3 is 0 Å². The van der Waals surface area contributed by atoms with E-state index >= 15 is 0 Å². The number of rotatable bonds is 6. The number of benzene rings is 1. The second-order valence-corrected chi connectivity index (χ2v) is 5.38. The Morgan fingerprint density at radius 3 is 2.95 bits per heavy atom. The van der Waals surface area contributed by atoms with Gasteiger partial charge in [-0.1, -0.05) is 35.0 Å². The Hall–Kier alpha value is -1.13. The Kier molecular flexibility index (Phi) is 5.16. The maximum atomic E-state index is 5.81. The fourth-order valence-corrected chi connectivity index (χ4v) is 2.29. The van der Waals surface area contributed by atoms with Crippen molar-refractivity contribution in [2.75, 3.05) is 13.1 Å². The van der Waals surface area contributed by atoms with E-state index in [9.17, 15) is 0 Å². The van der Waals surface area contributed by atoms with Crippen LogP contribution in [-0.2, 0) is 6.42 Å². The summed E-state index contributed by atoms with van der Waals surface area (Å²) in [5.41, 5.74) is 2.27. The van der Waals surface area contributed by atoms with E-state index in [2.05, 4.69) is 46.1 Å². The van der Waals surface area contributed by atoms with Crippen LogP contribution in [0.3, 0.4) is 0 Å². The standard InChI is InChI=1S/C15H19BrN2O/c1-3-8-17-9-7-15-18-10-14(19-15)12-5-4-6-13(16)11(12)2/h4-6,10,17H,3,7-9H2,1-2H3. The summed E-state index contributed by atoms with van der Waals surface area (Å²) in [6, 6.07) is 6.10. The molecule has 0 aliphatic heterocycles. The van der Waals surface area contributed by atoms with Crippen molar-refractivity contribution >= 4 is 15.9 Å². The van der Waals surface area contributed by atoms with Gasteiger partial charge in [-0.3, -0.25) is 0 Å². The summed E-state index contributed by atoms with van der Waals surface area (Å²) in [6.07, 6.45) is 3.78. The molecule has 2 rings (SSSR count). The zero-order valence-electron chi connectivity index (χ0n) is 11.4. The van der Waals surface area contributed by atoms with Gasteiger partial charge in [-0.2, -0.15) is 0 Å². The summed E-state index contributed by atoms with van der Waals surface area (Å²) < 4.78 is 6.90. The highest BCUT2D eigenvalue weighted by Gasteiger charge is 2.10. The third-order valence-electron chi connectivity index (χ3n) is 3.03. The quantitative estimate of drug-likeness (QED) is 0.818. The number of nitrogens with one attached hydrogen (secondary N) is 1.